The Kier molecular flexibility index (Phi) is 4.54. The topological polar surface area (TPSA) is 49.3 Å². The van der Waals surface area contributed by atoms with E-state index >= 15 is 0 Å². The van der Waals surface area contributed by atoms with E-state index in [0.29, 0.717) is 5.56 Å². The van der Waals surface area contributed by atoms with Crippen LogP contribution in [-0.2, 0) is 0 Å². The molecule has 3 heteroatoms. The van der Waals surface area contributed by atoms with Gasteiger partial charge in [-0.25, -0.2) is 0 Å². The van der Waals surface area contributed by atoms with Gasteiger partial charge in [0.25, 0.3) is 5.91 Å². The van der Waals surface area contributed by atoms with Crippen LogP contribution < -0.4 is 5.32 Å². The highest BCUT2D eigenvalue weighted by Gasteiger charge is 2.05. The van der Waals surface area contributed by atoms with Crippen LogP contribution in [0.5, 0.6) is 0 Å². The first-order valence-electron chi connectivity index (χ1n) is 6.27. The Bertz CT molecular complexity index is 666. The van der Waals surface area contributed by atoms with Crippen LogP contribution in [0.3, 0.4) is 0 Å². The fraction of sp³-hybridized carbons (Fsp3) is 0.118. The maximum atomic E-state index is 12.0. The molecule has 20 heavy (non-hydrogen) atoms. The molecule has 0 saturated heterocycles. The van der Waals surface area contributed by atoms with Crippen LogP contribution >= 0.6 is 0 Å². The molecule has 100 valence electrons. The van der Waals surface area contributed by atoms with Crippen LogP contribution in [0.1, 0.15) is 21.5 Å². The lowest BCUT2D eigenvalue weighted by Crippen LogP contribution is -2.11. The van der Waals surface area contributed by atoms with Crippen LogP contribution in [0.15, 0.2) is 48.5 Å². The molecule has 2 aromatic carbocycles. The number of anilines is 1. The second kappa shape index (κ2) is 6.55. The highest BCUT2D eigenvalue weighted by Crippen LogP contribution is 2.15. The molecule has 2 aromatic rings. The maximum absolute atomic E-state index is 12.0. The zero-order valence-corrected chi connectivity index (χ0v) is 11.2. The quantitative estimate of drug-likeness (QED) is 0.820. The molecule has 0 aliphatic heterocycles. The van der Waals surface area contributed by atoms with Gasteiger partial charge >= 0.3 is 0 Å². The van der Waals surface area contributed by atoms with Gasteiger partial charge in [0, 0.05) is 16.8 Å². The number of carbonyl (C=O) groups is 1. The largest absolute Gasteiger partial charge is 0.384 e. The van der Waals surface area contributed by atoms with Gasteiger partial charge in [0.1, 0.15) is 6.61 Å². The first kappa shape index (κ1) is 13.9. The van der Waals surface area contributed by atoms with E-state index in [2.05, 4.69) is 17.2 Å². The molecule has 0 radical (unpaired) electrons. The predicted octanol–water partition coefficient (Wildman–Crippen LogP) is 2.59. The summed E-state index contributed by atoms with van der Waals surface area (Å²) in [5.74, 6) is 5.33. The maximum Gasteiger partial charge on any atom is 0.255 e. The monoisotopic (exact) mass is 265 g/mol. The van der Waals surface area contributed by atoms with E-state index in [1.165, 1.54) is 0 Å². The van der Waals surface area contributed by atoms with Gasteiger partial charge in [-0.15, -0.1) is 0 Å². The van der Waals surface area contributed by atoms with Gasteiger partial charge in [0.05, 0.1) is 0 Å². The second-order valence-corrected chi connectivity index (χ2v) is 4.31. The summed E-state index contributed by atoms with van der Waals surface area (Å²) in [6.07, 6.45) is 0. The molecule has 0 bridgehead atoms. The minimum Gasteiger partial charge on any atom is -0.384 e. The van der Waals surface area contributed by atoms with E-state index < -0.39 is 0 Å². The second-order valence-electron chi connectivity index (χ2n) is 4.31. The Balaban J connectivity index is 2.15. The molecule has 0 aromatic heterocycles. The molecule has 0 unspecified atom stereocenters. The lowest BCUT2D eigenvalue weighted by molar-refractivity contribution is 0.102. The van der Waals surface area contributed by atoms with Gasteiger partial charge in [0.15, 0.2) is 0 Å². The number of aryl methyl sites for hydroxylation is 1. The summed E-state index contributed by atoms with van der Waals surface area (Å²) in [6, 6.07) is 14.6. The van der Waals surface area contributed by atoms with E-state index in [0.717, 1.165) is 16.8 Å². The Labute approximate surface area is 118 Å². The number of rotatable bonds is 2. The molecule has 0 atom stereocenters. The lowest BCUT2D eigenvalue weighted by atomic mass is 10.1. The van der Waals surface area contributed by atoms with Crippen molar-refractivity contribution in [2.45, 2.75) is 6.92 Å². The lowest BCUT2D eigenvalue weighted by Gasteiger charge is -2.07. The SMILES string of the molecule is Cc1cc(NC(=O)c2ccccc2)ccc1C#CCO. The van der Waals surface area contributed by atoms with Crippen molar-refractivity contribution < 1.29 is 9.90 Å². The molecule has 0 aliphatic rings. The van der Waals surface area contributed by atoms with Crippen molar-refractivity contribution in [3.63, 3.8) is 0 Å². The Morgan fingerprint density at radius 2 is 1.95 bits per heavy atom. The zero-order valence-electron chi connectivity index (χ0n) is 11.2. The normalized spacial score (nSPS) is 9.50. The Hall–Kier alpha value is -2.57. The number of amides is 1. The van der Waals surface area contributed by atoms with E-state index in [-0.39, 0.29) is 12.5 Å². The van der Waals surface area contributed by atoms with Crippen LogP contribution in [0.2, 0.25) is 0 Å². The minimum atomic E-state index is -0.161. The number of nitrogens with one attached hydrogen (secondary N) is 1. The number of aliphatic hydroxyl groups is 1. The number of hydrogen-bond donors (Lipinski definition) is 2. The smallest absolute Gasteiger partial charge is 0.255 e. The van der Waals surface area contributed by atoms with Crippen molar-refractivity contribution in [1.29, 1.82) is 0 Å². The summed E-state index contributed by atoms with van der Waals surface area (Å²) in [6.45, 7) is 1.76. The highest BCUT2D eigenvalue weighted by atomic mass is 16.2. The standard InChI is InChI=1S/C17H15NO2/c1-13-12-16(10-9-14(13)8-5-11-19)18-17(20)15-6-3-2-4-7-15/h2-4,6-7,9-10,12,19H,11H2,1H3,(H,18,20). The number of hydrogen-bond acceptors (Lipinski definition) is 2. The van der Waals surface area contributed by atoms with E-state index in [4.69, 9.17) is 5.11 Å². The van der Waals surface area contributed by atoms with Crippen LogP contribution in [-0.4, -0.2) is 17.6 Å². The average molecular weight is 265 g/mol. The molecule has 0 aliphatic carbocycles. The highest BCUT2D eigenvalue weighted by molar-refractivity contribution is 6.04. The Morgan fingerprint density at radius 3 is 2.60 bits per heavy atom. The summed E-state index contributed by atoms with van der Waals surface area (Å²) in [4.78, 5) is 12.0. The van der Waals surface area contributed by atoms with E-state index in [9.17, 15) is 4.79 Å². The fourth-order valence-electron chi connectivity index (χ4n) is 1.81. The summed E-state index contributed by atoms with van der Waals surface area (Å²) in [7, 11) is 0. The summed E-state index contributed by atoms with van der Waals surface area (Å²) < 4.78 is 0. The number of benzene rings is 2. The van der Waals surface area contributed by atoms with Crippen LogP contribution in [0.25, 0.3) is 0 Å². The van der Waals surface area contributed by atoms with Gasteiger partial charge < -0.3 is 10.4 Å². The summed E-state index contributed by atoms with van der Waals surface area (Å²) >= 11 is 0. The van der Waals surface area contributed by atoms with Gasteiger partial charge in [-0.3, -0.25) is 4.79 Å². The number of aliphatic hydroxyl groups excluding tert-OH is 1. The molecule has 0 fully saturated rings. The molecule has 2 rings (SSSR count). The van der Waals surface area contributed by atoms with Gasteiger partial charge in [-0.05, 0) is 42.8 Å². The number of carbonyl (C=O) groups excluding carboxylic acids is 1. The summed E-state index contributed by atoms with van der Waals surface area (Å²) in [5, 5.41) is 11.5. The van der Waals surface area contributed by atoms with Crippen LogP contribution in [0.4, 0.5) is 5.69 Å². The van der Waals surface area contributed by atoms with Crippen molar-refractivity contribution in [1.82, 2.24) is 0 Å². The molecule has 2 N–H and O–H groups in total. The fourth-order valence-corrected chi connectivity index (χ4v) is 1.81. The Morgan fingerprint density at radius 1 is 1.20 bits per heavy atom. The van der Waals surface area contributed by atoms with E-state index in [1.54, 1.807) is 18.2 Å². The molecular weight excluding hydrogens is 250 g/mol. The first-order chi connectivity index (χ1) is 9.70. The van der Waals surface area contributed by atoms with Gasteiger partial charge in [0.2, 0.25) is 0 Å². The molecule has 0 saturated carbocycles. The zero-order chi connectivity index (χ0) is 14.4. The first-order valence-corrected chi connectivity index (χ1v) is 6.27. The average Bonchev–Trinajstić information content (AvgIpc) is 2.47. The van der Waals surface area contributed by atoms with Crippen molar-refractivity contribution in [3.05, 3.63) is 65.2 Å². The van der Waals surface area contributed by atoms with Crippen molar-refractivity contribution in [3.8, 4) is 11.8 Å². The summed E-state index contributed by atoms with van der Waals surface area (Å²) in [5.41, 5.74) is 3.15. The van der Waals surface area contributed by atoms with Gasteiger partial charge in [-0.2, -0.15) is 0 Å². The van der Waals surface area contributed by atoms with Crippen molar-refractivity contribution >= 4 is 11.6 Å². The van der Waals surface area contributed by atoms with E-state index in [1.807, 2.05) is 37.3 Å². The van der Waals surface area contributed by atoms with Gasteiger partial charge in [-0.1, -0.05) is 30.0 Å². The molecule has 0 spiro atoms. The third-order valence-corrected chi connectivity index (χ3v) is 2.82. The van der Waals surface area contributed by atoms with Crippen molar-refractivity contribution in [2.24, 2.45) is 0 Å². The van der Waals surface area contributed by atoms with Crippen molar-refractivity contribution in [2.75, 3.05) is 11.9 Å². The third-order valence-electron chi connectivity index (χ3n) is 2.82. The third kappa shape index (κ3) is 3.47. The molecular formula is C17H15NO2. The molecule has 1 amide bonds. The minimum absolute atomic E-state index is 0.140. The predicted molar refractivity (Wildman–Crippen MR) is 79.5 cm³/mol. The molecule has 3 nitrogen and oxygen atoms in total. The van der Waals surface area contributed by atoms with Crippen LogP contribution in [0, 0.1) is 18.8 Å². The molecule has 0 heterocycles.